The molecule has 1 amide bonds. The first-order chi connectivity index (χ1) is 16.0. The molecule has 33 heavy (non-hydrogen) atoms. The van der Waals surface area contributed by atoms with Crippen molar-refractivity contribution in [2.75, 3.05) is 38.6 Å². The maximum absolute atomic E-state index is 13.6. The van der Waals surface area contributed by atoms with Crippen LogP contribution < -0.4 is 0 Å². The van der Waals surface area contributed by atoms with Crippen molar-refractivity contribution in [2.24, 2.45) is 5.92 Å². The Bertz CT molecular complexity index is 824. The van der Waals surface area contributed by atoms with Crippen LogP contribution in [-0.2, 0) is 20.7 Å². The first-order valence-electron chi connectivity index (χ1n) is 12.1. The molecule has 4 rings (SSSR count). The maximum Gasteiger partial charge on any atom is 0.273 e. The third-order valence-corrected chi connectivity index (χ3v) is 8.47. The number of ether oxygens (including phenoxy) is 1. The summed E-state index contributed by atoms with van der Waals surface area (Å²) in [5.74, 6) is 0.727. The average molecular weight is 469 g/mol. The molecule has 0 radical (unpaired) electrons. The van der Waals surface area contributed by atoms with Crippen molar-refractivity contribution in [1.82, 2.24) is 9.80 Å². The van der Waals surface area contributed by atoms with E-state index in [1.807, 2.05) is 65.6 Å². The summed E-state index contributed by atoms with van der Waals surface area (Å²) < 4.78 is 19.1. The van der Waals surface area contributed by atoms with Crippen LogP contribution in [0.4, 0.5) is 0 Å². The molecule has 2 heterocycles. The first kappa shape index (κ1) is 24.3. The molecule has 178 valence electrons. The van der Waals surface area contributed by atoms with Gasteiger partial charge in [0.05, 0.1) is 0 Å². The van der Waals surface area contributed by atoms with Gasteiger partial charge in [-0.05, 0) is 43.8 Å². The van der Waals surface area contributed by atoms with Crippen LogP contribution in [0.5, 0.6) is 0 Å². The van der Waals surface area contributed by atoms with E-state index in [4.69, 9.17) is 4.74 Å². The summed E-state index contributed by atoms with van der Waals surface area (Å²) in [5, 5.41) is -0.309. The molecule has 0 saturated carbocycles. The highest BCUT2D eigenvalue weighted by Crippen LogP contribution is 2.31. The van der Waals surface area contributed by atoms with Crippen molar-refractivity contribution >= 4 is 17.1 Å². The summed E-state index contributed by atoms with van der Waals surface area (Å²) in [6, 6.07) is 20.0. The van der Waals surface area contributed by atoms with E-state index in [9.17, 15) is 9.35 Å². The molecule has 6 heteroatoms. The summed E-state index contributed by atoms with van der Waals surface area (Å²) in [6.07, 6.45) is 2.25. The molecule has 2 aromatic carbocycles. The SMILES string of the molecule is CC1CN(CC2CCOCC2)CC(C)N1C(=O)C[S+]([O-])C(c1ccccc1)c1ccccc1. The van der Waals surface area contributed by atoms with Gasteiger partial charge in [-0.15, -0.1) is 0 Å². The second-order valence-electron chi connectivity index (χ2n) is 9.50. The van der Waals surface area contributed by atoms with Gasteiger partial charge in [-0.2, -0.15) is 0 Å². The second kappa shape index (κ2) is 11.5. The molecule has 0 spiro atoms. The van der Waals surface area contributed by atoms with Crippen LogP contribution in [0.3, 0.4) is 0 Å². The van der Waals surface area contributed by atoms with Crippen LogP contribution in [0.2, 0.25) is 0 Å². The molecule has 2 aliphatic rings. The minimum atomic E-state index is -1.35. The van der Waals surface area contributed by atoms with Gasteiger partial charge < -0.3 is 14.2 Å². The lowest BCUT2D eigenvalue weighted by molar-refractivity contribution is -0.136. The molecule has 5 nitrogen and oxygen atoms in total. The molecule has 2 saturated heterocycles. The fourth-order valence-electron chi connectivity index (χ4n) is 5.40. The lowest BCUT2D eigenvalue weighted by atomic mass is 9.98. The van der Waals surface area contributed by atoms with Crippen LogP contribution in [0.25, 0.3) is 0 Å². The standard InChI is InChI=1S/C27H36N2O3S/c1-21-17-28(19-23-13-15-32-16-14-23)18-22(2)29(21)26(30)20-33(31)27(24-9-5-3-6-10-24)25-11-7-4-8-12-25/h3-12,21-23,27H,13-20H2,1-2H3. The number of nitrogens with zero attached hydrogens (tertiary/aromatic N) is 2. The van der Waals surface area contributed by atoms with E-state index >= 15 is 0 Å². The maximum atomic E-state index is 13.6. The van der Waals surface area contributed by atoms with Gasteiger partial charge in [-0.1, -0.05) is 60.7 Å². The number of benzene rings is 2. The zero-order valence-electron chi connectivity index (χ0n) is 19.8. The van der Waals surface area contributed by atoms with Crippen molar-refractivity contribution in [1.29, 1.82) is 0 Å². The zero-order valence-corrected chi connectivity index (χ0v) is 20.6. The number of hydrogen-bond acceptors (Lipinski definition) is 4. The van der Waals surface area contributed by atoms with Crippen molar-refractivity contribution in [3.05, 3.63) is 71.8 Å². The molecule has 2 aliphatic heterocycles. The van der Waals surface area contributed by atoms with Crippen LogP contribution in [-0.4, -0.2) is 70.9 Å². The van der Waals surface area contributed by atoms with Crippen molar-refractivity contribution < 1.29 is 14.1 Å². The summed E-state index contributed by atoms with van der Waals surface area (Å²) in [7, 11) is 0. The number of rotatable bonds is 7. The Morgan fingerprint density at radius 2 is 1.48 bits per heavy atom. The first-order valence-corrected chi connectivity index (χ1v) is 13.5. The number of carbonyl (C=O) groups excluding carboxylic acids is 1. The van der Waals surface area contributed by atoms with E-state index in [2.05, 4.69) is 18.7 Å². The Kier molecular flexibility index (Phi) is 8.47. The predicted octanol–water partition coefficient (Wildman–Crippen LogP) is 3.87. The second-order valence-corrected chi connectivity index (χ2v) is 11.0. The predicted molar refractivity (Wildman–Crippen MR) is 133 cm³/mol. The molecular formula is C27H36N2O3S. The highest BCUT2D eigenvalue weighted by atomic mass is 32.2. The number of carbonyl (C=O) groups is 1. The quantitative estimate of drug-likeness (QED) is 0.579. The lowest BCUT2D eigenvalue weighted by Gasteiger charge is -2.45. The fraction of sp³-hybridized carbons (Fsp3) is 0.519. The van der Waals surface area contributed by atoms with Crippen LogP contribution >= 0.6 is 0 Å². The minimum absolute atomic E-state index is 0.00379. The summed E-state index contributed by atoms with van der Waals surface area (Å²) in [4.78, 5) is 17.9. The molecule has 0 aliphatic carbocycles. The van der Waals surface area contributed by atoms with Gasteiger partial charge in [0.1, 0.15) is 0 Å². The van der Waals surface area contributed by atoms with Crippen LogP contribution in [0.1, 0.15) is 43.1 Å². The number of hydrogen-bond donors (Lipinski definition) is 0. The Labute approximate surface area is 201 Å². The Morgan fingerprint density at radius 3 is 2.00 bits per heavy atom. The van der Waals surface area contributed by atoms with E-state index in [0.29, 0.717) is 5.92 Å². The Balaban J connectivity index is 1.42. The van der Waals surface area contributed by atoms with Gasteiger partial charge >= 0.3 is 0 Å². The fourth-order valence-corrected chi connectivity index (χ4v) is 6.88. The topological polar surface area (TPSA) is 55.8 Å². The molecule has 0 bridgehead atoms. The Morgan fingerprint density at radius 1 is 0.970 bits per heavy atom. The van der Waals surface area contributed by atoms with E-state index in [1.165, 1.54) is 0 Å². The van der Waals surface area contributed by atoms with Gasteiger partial charge in [-0.25, -0.2) is 0 Å². The summed E-state index contributed by atoms with van der Waals surface area (Å²) >= 11 is -1.35. The zero-order chi connectivity index (χ0) is 23.2. The van der Waals surface area contributed by atoms with Gasteiger partial charge in [0, 0.05) is 56.1 Å². The summed E-state index contributed by atoms with van der Waals surface area (Å²) in [6.45, 7) is 8.81. The van der Waals surface area contributed by atoms with E-state index in [-0.39, 0.29) is 29.0 Å². The lowest BCUT2D eigenvalue weighted by Crippen LogP contribution is -2.60. The van der Waals surface area contributed by atoms with Gasteiger partial charge in [0.15, 0.2) is 11.0 Å². The van der Waals surface area contributed by atoms with Gasteiger partial charge in [-0.3, -0.25) is 9.69 Å². The third kappa shape index (κ3) is 6.18. The monoisotopic (exact) mass is 468 g/mol. The Hall–Kier alpha value is -1.86. The van der Waals surface area contributed by atoms with E-state index < -0.39 is 11.2 Å². The highest BCUT2D eigenvalue weighted by Gasteiger charge is 2.37. The highest BCUT2D eigenvalue weighted by molar-refractivity contribution is 7.92. The number of piperazine rings is 1. The van der Waals surface area contributed by atoms with Crippen molar-refractivity contribution in [3.8, 4) is 0 Å². The van der Waals surface area contributed by atoms with Crippen LogP contribution in [0.15, 0.2) is 60.7 Å². The average Bonchev–Trinajstić information content (AvgIpc) is 2.81. The molecule has 0 N–H and O–H groups in total. The van der Waals surface area contributed by atoms with Crippen molar-refractivity contribution in [2.45, 2.75) is 44.0 Å². The molecule has 3 unspecified atom stereocenters. The van der Waals surface area contributed by atoms with E-state index in [1.54, 1.807) is 0 Å². The largest absolute Gasteiger partial charge is 0.615 e. The minimum Gasteiger partial charge on any atom is -0.615 e. The molecule has 0 aromatic heterocycles. The van der Waals surface area contributed by atoms with Crippen LogP contribution in [0, 0.1) is 5.92 Å². The third-order valence-electron chi connectivity index (χ3n) is 6.87. The smallest absolute Gasteiger partial charge is 0.273 e. The van der Waals surface area contributed by atoms with Gasteiger partial charge in [0.2, 0.25) is 0 Å². The molecule has 2 aromatic rings. The molecular weight excluding hydrogens is 432 g/mol. The number of amides is 1. The summed E-state index contributed by atoms with van der Waals surface area (Å²) in [5.41, 5.74) is 1.97. The normalized spacial score (nSPS) is 23.6. The van der Waals surface area contributed by atoms with E-state index in [0.717, 1.165) is 56.8 Å². The molecule has 3 atom stereocenters. The van der Waals surface area contributed by atoms with Gasteiger partial charge in [0.25, 0.3) is 5.91 Å². The van der Waals surface area contributed by atoms with Crippen molar-refractivity contribution in [3.63, 3.8) is 0 Å². The molecule has 2 fully saturated rings.